The number of aryl methyl sites for hydroxylation is 1. The van der Waals surface area contributed by atoms with Crippen molar-refractivity contribution >= 4 is 39.3 Å². The Hall–Kier alpha value is -2.46. The summed E-state index contributed by atoms with van der Waals surface area (Å²) >= 11 is 5.98. The van der Waals surface area contributed by atoms with Crippen molar-refractivity contribution in [3.63, 3.8) is 0 Å². The van der Waals surface area contributed by atoms with Crippen LogP contribution < -0.4 is 4.74 Å². The molecule has 0 bridgehead atoms. The van der Waals surface area contributed by atoms with Crippen molar-refractivity contribution in [3.8, 4) is 11.5 Å². The van der Waals surface area contributed by atoms with Crippen molar-refractivity contribution in [2.24, 2.45) is 0 Å². The van der Waals surface area contributed by atoms with Crippen LogP contribution in [0, 0.1) is 6.92 Å². The number of aromatic hydroxyl groups is 1. The zero-order valence-corrected chi connectivity index (χ0v) is 11.8. The van der Waals surface area contributed by atoms with E-state index in [1.165, 1.54) is 0 Å². The van der Waals surface area contributed by atoms with Crippen molar-refractivity contribution in [1.29, 1.82) is 0 Å². The second kappa shape index (κ2) is 4.82. The number of halogens is 1. The highest BCUT2D eigenvalue weighted by Gasteiger charge is 2.18. The first-order valence-corrected chi connectivity index (χ1v) is 6.61. The predicted octanol–water partition coefficient (Wildman–Crippen LogP) is 4.72. The summed E-state index contributed by atoms with van der Waals surface area (Å²) in [5.74, 6) is -0.290. The summed E-state index contributed by atoms with van der Waals surface area (Å²) in [6.45, 7) is 1.84. The van der Waals surface area contributed by atoms with Crippen LogP contribution in [0.1, 0.15) is 5.56 Å². The Labute approximate surface area is 125 Å². The van der Waals surface area contributed by atoms with E-state index in [2.05, 4.69) is 0 Å². The summed E-state index contributed by atoms with van der Waals surface area (Å²) in [4.78, 5) is 10.9. The molecule has 0 saturated heterocycles. The quantitative estimate of drug-likeness (QED) is 0.388. The molecule has 106 valence electrons. The Morgan fingerprint density at radius 1 is 1.14 bits per heavy atom. The second-order valence-corrected chi connectivity index (χ2v) is 5.17. The number of benzene rings is 3. The zero-order chi connectivity index (χ0) is 15.1. The Morgan fingerprint density at radius 3 is 2.62 bits per heavy atom. The van der Waals surface area contributed by atoms with Gasteiger partial charge in [-0.2, -0.15) is 0 Å². The summed E-state index contributed by atoms with van der Waals surface area (Å²) in [6.07, 6.45) is -1.49. The molecule has 0 fully saturated rings. The molecule has 2 N–H and O–H groups in total. The molecule has 4 nitrogen and oxygen atoms in total. The largest absolute Gasteiger partial charge is 0.511 e. The Morgan fingerprint density at radius 2 is 1.90 bits per heavy atom. The van der Waals surface area contributed by atoms with Crippen LogP contribution in [0.25, 0.3) is 21.5 Å². The van der Waals surface area contributed by atoms with E-state index in [0.29, 0.717) is 15.8 Å². The minimum absolute atomic E-state index is 0.0956. The SMILES string of the molecule is Cc1cccc2c1c(O)c(OC(=O)O)c1cc(Cl)ccc12. The summed E-state index contributed by atoms with van der Waals surface area (Å²) in [6, 6.07) is 10.7. The maximum Gasteiger partial charge on any atom is 0.511 e. The normalized spacial score (nSPS) is 11.0. The fourth-order valence-corrected chi connectivity index (χ4v) is 2.75. The smallest absolute Gasteiger partial charge is 0.504 e. The van der Waals surface area contributed by atoms with Crippen molar-refractivity contribution in [2.75, 3.05) is 0 Å². The van der Waals surface area contributed by atoms with Crippen LogP contribution in [0.2, 0.25) is 5.02 Å². The highest BCUT2D eigenvalue weighted by atomic mass is 35.5. The van der Waals surface area contributed by atoms with Gasteiger partial charge in [0.15, 0.2) is 11.5 Å². The molecule has 0 atom stereocenters. The third kappa shape index (κ3) is 2.14. The van der Waals surface area contributed by atoms with E-state index in [9.17, 15) is 9.90 Å². The molecule has 0 unspecified atom stereocenters. The third-order valence-electron chi connectivity index (χ3n) is 3.43. The van der Waals surface area contributed by atoms with Gasteiger partial charge in [0, 0.05) is 15.8 Å². The summed E-state index contributed by atoms with van der Waals surface area (Å²) in [5, 5.41) is 22.4. The number of hydrogen-bond donors (Lipinski definition) is 2. The standard InChI is InChI=1S/C16H11ClO4/c1-8-3-2-4-11-10-6-5-9(17)7-12(10)15(21-16(19)20)14(18)13(8)11/h2-7,18H,1H3,(H,19,20). The van der Waals surface area contributed by atoms with Crippen LogP contribution in [0.3, 0.4) is 0 Å². The number of hydrogen-bond acceptors (Lipinski definition) is 3. The molecule has 21 heavy (non-hydrogen) atoms. The van der Waals surface area contributed by atoms with E-state index in [1.54, 1.807) is 18.2 Å². The van der Waals surface area contributed by atoms with Crippen molar-refractivity contribution < 1.29 is 19.7 Å². The fourth-order valence-electron chi connectivity index (χ4n) is 2.58. The molecule has 0 aliphatic heterocycles. The fraction of sp³-hybridized carbons (Fsp3) is 0.0625. The average Bonchev–Trinajstić information content (AvgIpc) is 2.42. The molecule has 3 aromatic rings. The molecule has 3 aromatic carbocycles. The second-order valence-electron chi connectivity index (χ2n) is 4.73. The lowest BCUT2D eigenvalue weighted by molar-refractivity contribution is 0.143. The number of rotatable bonds is 1. The van der Waals surface area contributed by atoms with Gasteiger partial charge in [-0.25, -0.2) is 4.79 Å². The highest BCUT2D eigenvalue weighted by molar-refractivity contribution is 6.32. The number of ether oxygens (including phenoxy) is 1. The van der Waals surface area contributed by atoms with Gasteiger partial charge in [0.05, 0.1) is 0 Å². The van der Waals surface area contributed by atoms with Gasteiger partial charge in [-0.05, 0) is 35.4 Å². The third-order valence-corrected chi connectivity index (χ3v) is 3.67. The van der Waals surface area contributed by atoms with Gasteiger partial charge in [0.25, 0.3) is 0 Å². The summed E-state index contributed by atoms with van der Waals surface area (Å²) in [7, 11) is 0. The van der Waals surface area contributed by atoms with Crippen LogP contribution >= 0.6 is 11.6 Å². The highest BCUT2D eigenvalue weighted by Crippen LogP contribution is 2.44. The Balaban J connectivity index is 2.56. The van der Waals surface area contributed by atoms with Gasteiger partial charge < -0.3 is 14.9 Å². The van der Waals surface area contributed by atoms with Crippen LogP contribution in [0.15, 0.2) is 36.4 Å². The van der Waals surface area contributed by atoms with Crippen LogP contribution in [-0.2, 0) is 0 Å². The number of fused-ring (bicyclic) bond motifs is 3. The number of carboxylic acid groups (broad SMARTS) is 1. The average molecular weight is 303 g/mol. The number of phenolic OH excluding ortho intramolecular Hbond substituents is 1. The van der Waals surface area contributed by atoms with Gasteiger partial charge >= 0.3 is 6.16 Å². The van der Waals surface area contributed by atoms with Crippen molar-refractivity contribution in [2.45, 2.75) is 6.92 Å². The molecular formula is C16H11ClO4. The molecule has 0 heterocycles. The van der Waals surface area contributed by atoms with E-state index in [4.69, 9.17) is 21.4 Å². The predicted molar refractivity (Wildman–Crippen MR) is 81.5 cm³/mol. The first-order valence-electron chi connectivity index (χ1n) is 6.23. The number of carbonyl (C=O) groups is 1. The van der Waals surface area contributed by atoms with Gasteiger partial charge in [-0.1, -0.05) is 35.9 Å². The first-order chi connectivity index (χ1) is 9.99. The Bertz CT molecular complexity index is 886. The number of phenols is 1. The summed E-state index contributed by atoms with van der Waals surface area (Å²) < 4.78 is 4.78. The molecule has 5 heteroatoms. The molecule has 0 aliphatic rings. The molecule has 0 spiro atoms. The van der Waals surface area contributed by atoms with Gasteiger partial charge in [-0.3, -0.25) is 0 Å². The van der Waals surface area contributed by atoms with Gasteiger partial charge in [-0.15, -0.1) is 0 Å². The van der Waals surface area contributed by atoms with E-state index < -0.39 is 6.16 Å². The maximum absolute atomic E-state index is 10.9. The summed E-state index contributed by atoms with van der Waals surface area (Å²) in [5.41, 5.74) is 0.831. The Kier molecular flexibility index (Phi) is 3.11. The first kappa shape index (κ1) is 13.5. The molecular weight excluding hydrogens is 292 g/mol. The lowest BCUT2D eigenvalue weighted by Gasteiger charge is -2.13. The molecule has 0 radical (unpaired) electrons. The van der Waals surface area contributed by atoms with E-state index in [-0.39, 0.29) is 11.5 Å². The molecule has 0 amide bonds. The van der Waals surface area contributed by atoms with E-state index in [1.807, 2.05) is 25.1 Å². The zero-order valence-electron chi connectivity index (χ0n) is 11.1. The van der Waals surface area contributed by atoms with Crippen molar-refractivity contribution in [1.82, 2.24) is 0 Å². The lowest BCUT2D eigenvalue weighted by atomic mass is 9.97. The van der Waals surface area contributed by atoms with Crippen LogP contribution in [0.5, 0.6) is 11.5 Å². The molecule has 3 rings (SSSR count). The van der Waals surface area contributed by atoms with E-state index in [0.717, 1.165) is 16.3 Å². The minimum Gasteiger partial charge on any atom is -0.504 e. The monoisotopic (exact) mass is 302 g/mol. The molecule has 0 aliphatic carbocycles. The van der Waals surface area contributed by atoms with Gasteiger partial charge in [0.2, 0.25) is 0 Å². The maximum atomic E-state index is 10.9. The lowest BCUT2D eigenvalue weighted by Crippen LogP contribution is -2.04. The van der Waals surface area contributed by atoms with Crippen molar-refractivity contribution in [3.05, 3.63) is 47.0 Å². The van der Waals surface area contributed by atoms with Crippen LogP contribution in [-0.4, -0.2) is 16.4 Å². The molecule has 0 aromatic heterocycles. The van der Waals surface area contributed by atoms with Gasteiger partial charge in [0.1, 0.15) is 0 Å². The topological polar surface area (TPSA) is 66.8 Å². The minimum atomic E-state index is -1.49. The molecule has 0 saturated carbocycles. The van der Waals surface area contributed by atoms with E-state index >= 15 is 0 Å². The van der Waals surface area contributed by atoms with Crippen LogP contribution in [0.4, 0.5) is 4.79 Å².